The number of oxazole rings is 1. The SMILES string of the molecule is Cc1oc(-c2ccccc2)nc1COc1ccc2cccnc2c1. The lowest BCUT2D eigenvalue weighted by atomic mass is 10.2. The average molecular weight is 316 g/mol. The predicted molar refractivity (Wildman–Crippen MR) is 92.8 cm³/mol. The molecular formula is C20H16N2O2. The third kappa shape index (κ3) is 2.86. The van der Waals surface area contributed by atoms with Gasteiger partial charge in [-0.1, -0.05) is 24.3 Å². The molecule has 0 N–H and O–H groups in total. The molecule has 4 heteroatoms. The van der Waals surface area contributed by atoms with Gasteiger partial charge >= 0.3 is 0 Å². The Morgan fingerprint density at radius 3 is 2.75 bits per heavy atom. The molecule has 0 saturated carbocycles. The fourth-order valence-electron chi connectivity index (χ4n) is 2.55. The van der Waals surface area contributed by atoms with Crippen molar-refractivity contribution in [1.29, 1.82) is 0 Å². The van der Waals surface area contributed by atoms with Crippen LogP contribution in [0, 0.1) is 6.92 Å². The van der Waals surface area contributed by atoms with E-state index in [-0.39, 0.29) is 0 Å². The number of ether oxygens (including phenoxy) is 1. The lowest BCUT2D eigenvalue weighted by Crippen LogP contribution is -1.97. The third-order valence-electron chi connectivity index (χ3n) is 3.87. The lowest BCUT2D eigenvalue weighted by molar-refractivity contribution is 0.300. The molecule has 0 saturated heterocycles. The first-order chi connectivity index (χ1) is 11.8. The Morgan fingerprint density at radius 2 is 1.88 bits per heavy atom. The van der Waals surface area contributed by atoms with Crippen LogP contribution in [0.5, 0.6) is 5.75 Å². The van der Waals surface area contributed by atoms with Gasteiger partial charge in [-0.15, -0.1) is 0 Å². The Kier molecular flexibility index (Phi) is 3.71. The van der Waals surface area contributed by atoms with Gasteiger partial charge in [-0.3, -0.25) is 4.98 Å². The van der Waals surface area contributed by atoms with E-state index >= 15 is 0 Å². The Hall–Kier alpha value is -3.14. The van der Waals surface area contributed by atoms with Crippen molar-refractivity contribution in [2.75, 3.05) is 0 Å². The number of aryl methyl sites for hydroxylation is 1. The molecule has 4 rings (SSSR count). The van der Waals surface area contributed by atoms with Crippen LogP contribution in [0.4, 0.5) is 0 Å². The zero-order valence-electron chi connectivity index (χ0n) is 13.3. The number of nitrogens with zero attached hydrogens (tertiary/aromatic N) is 2. The predicted octanol–water partition coefficient (Wildman–Crippen LogP) is 4.78. The standard InChI is InChI=1S/C20H16N2O2/c1-14-19(22-20(24-14)16-6-3-2-4-7-16)13-23-17-10-9-15-8-5-11-21-18(15)12-17/h2-12H,13H2,1H3. The minimum Gasteiger partial charge on any atom is -0.487 e. The molecular weight excluding hydrogens is 300 g/mol. The van der Waals surface area contributed by atoms with E-state index in [1.165, 1.54) is 0 Å². The first kappa shape index (κ1) is 14.5. The molecule has 24 heavy (non-hydrogen) atoms. The highest BCUT2D eigenvalue weighted by Crippen LogP contribution is 2.23. The number of fused-ring (bicyclic) bond motifs is 1. The number of hydrogen-bond acceptors (Lipinski definition) is 4. The molecule has 2 heterocycles. The summed E-state index contributed by atoms with van der Waals surface area (Å²) in [7, 11) is 0. The zero-order valence-corrected chi connectivity index (χ0v) is 13.3. The molecule has 0 aliphatic heterocycles. The summed E-state index contributed by atoms with van der Waals surface area (Å²) in [6.07, 6.45) is 1.78. The van der Waals surface area contributed by atoms with Gasteiger partial charge < -0.3 is 9.15 Å². The molecule has 0 amide bonds. The van der Waals surface area contributed by atoms with Crippen LogP contribution in [-0.4, -0.2) is 9.97 Å². The number of benzene rings is 2. The van der Waals surface area contributed by atoms with Crippen LogP contribution in [-0.2, 0) is 6.61 Å². The van der Waals surface area contributed by atoms with Crippen LogP contribution in [0.1, 0.15) is 11.5 Å². The molecule has 0 aliphatic rings. The molecule has 4 nitrogen and oxygen atoms in total. The van der Waals surface area contributed by atoms with E-state index in [1.807, 2.05) is 67.6 Å². The van der Waals surface area contributed by atoms with Crippen LogP contribution in [0.3, 0.4) is 0 Å². The van der Waals surface area contributed by atoms with Crippen LogP contribution >= 0.6 is 0 Å². The second kappa shape index (κ2) is 6.16. The largest absolute Gasteiger partial charge is 0.487 e. The Balaban J connectivity index is 1.54. The fraction of sp³-hybridized carbons (Fsp3) is 0.100. The molecule has 4 aromatic rings. The number of rotatable bonds is 4. The van der Waals surface area contributed by atoms with Crippen LogP contribution in [0.15, 0.2) is 71.3 Å². The van der Waals surface area contributed by atoms with Crippen molar-refractivity contribution < 1.29 is 9.15 Å². The Labute approximate surface area is 139 Å². The first-order valence-corrected chi connectivity index (χ1v) is 7.79. The Morgan fingerprint density at radius 1 is 1.00 bits per heavy atom. The van der Waals surface area contributed by atoms with Gasteiger partial charge in [0, 0.05) is 23.2 Å². The van der Waals surface area contributed by atoms with Gasteiger partial charge in [0.2, 0.25) is 5.89 Å². The third-order valence-corrected chi connectivity index (χ3v) is 3.87. The van der Waals surface area contributed by atoms with Gasteiger partial charge in [-0.05, 0) is 37.3 Å². The highest BCUT2D eigenvalue weighted by Gasteiger charge is 2.12. The Bertz CT molecular complexity index is 977. The van der Waals surface area contributed by atoms with E-state index in [2.05, 4.69) is 9.97 Å². The lowest BCUT2D eigenvalue weighted by Gasteiger charge is -2.05. The van der Waals surface area contributed by atoms with Crippen molar-refractivity contribution in [2.45, 2.75) is 13.5 Å². The van der Waals surface area contributed by atoms with Crippen molar-refractivity contribution >= 4 is 10.9 Å². The van der Waals surface area contributed by atoms with E-state index in [0.29, 0.717) is 12.5 Å². The molecule has 0 unspecified atom stereocenters. The van der Waals surface area contributed by atoms with Crippen molar-refractivity contribution in [2.24, 2.45) is 0 Å². The topological polar surface area (TPSA) is 48.2 Å². The summed E-state index contributed by atoms with van der Waals surface area (Å²) in [5, 5.41) is 1.09. The second-order valence-corrected chi connectivity index (χ2v) is 5.53. The molecule has 0 spiro atoms. The monoisotopic (exact) mass is 316 g/mol. The minimum absolute atomic E-state index is 0.362. The summed E-state index contributed by atoms with van der Waals surface area (Å²) in [4.78, 5) is 8.89. The maximum atomic E-state index is 5.87. The summed E-state index contributed by atoms with van der Waals surface area (Å²) < 4.78 is 11.6. The number of aromatic nitrogens is 2. The quantitative estimate of drug-likeness (QED) is 0.544. The van der Waals surface area contributed by atoms with Crippen LogP contribution < -0.4 is 4.74 Å². The summed E-state index contributed by atoms with van der Waals surface area (Å²) in [6.45, 7) is 2.26. The zero-order chi connectivity index (χ0) is 16.4. The van der Waals surface area contributed by atoms with E-state index < -0.39 is 0 Å². The van der Waals surface area contributed by atoms with Gasteiger partial charge in [0.15, 0.2) is 0 Å². The van der Waals surface area contributed by atoms with Crippen LogP contribution in [0.25, 0.3) is 22.4 Å². The van der Waals surface area contributed by atoms with Gasteiger partial charge in [0.05, 0.1) is 5.52 Å². The molecule has 0 radical (unpaired) electrons. The molecule has 2 aromatic carbocycles. The average Bonchev–Trinajstić information content (AvgIpc) is 3.01. The van der Waals surface area contributed by atoms with E-state index in [4.69, 9.17) is 9.15 Å². The van der Waals surface area contributed by atoms with E-state index in [9.17, 15) is 0 Å². The summed E-state index contributed by atoms with van der Waals surface area (Å²) >= 11 is 0. The first-order valence-electron chi connectivity index (χ1n) is 7.79. The van der Waals surface area contributed by atoms with Crippen LogP contribution in [0.2, 0.25) is 0 Å². The van der Waals surface area contributed by atoms with Gasteiger partial charge in [-0.25, -0.2) is 4.98 Å². The molecule has 0 fully saturated rings. The van der Waals surface area contributed by atoms with Gasteiger partial charge in [-0.2, -0.15) is 0 Å². The van der Waals surface area contributed by atoms with Gasteiger partial charge in [0.1, 0.15) is 23.8 Å². The van der Waals surface area contributed by atoms with Crippen molar-refractivity contribution in [3.63, 3.8) is 0 Å². The summed E-state index contributed by atoms with van der Waals surface area (Å²) in [6, 6.07) is 19.7. The summed E-state index contributed by atoms with van der Waals surface area (Å²) in [5.74, 6) is 2.16. The highest BCUT2D eigenvalue weighted by molar-refractivity contribution is 5.79. The fourth-order valence-corrected chi connectivity index (χ4v) is 2.55. The minimum atomic E-state index is 0.362. The van der Waals surface area contributed by atoms with Gasteiger partial charge in [0.25, 0.3) is 0 Å². The van der Waals surface area contributed by atoms with E-state index in [0.717, 1.165) is 33.7 Å². The molecule has 2 aromatic heterocycles. The second-order valence-electron chi connectivity index (χ2n) is 5.53. The van der Waals surface area contributed by atoms with Crippen molar-refractivity contribution in [3.05, 3.63) is 78.3 Å². The smallest absolute Gasteiger partial charge is 0.226 e. The highest BCUT2D eigenvalue weighted by atomic mass is 16.5. The van der Waals surface area contributed by atoms with E-state index in [1.54, 1.807) is 6.20 Å². The number of hydrogen-bond donors (Lipinski definition) is 0. The molecule has 0 aliphatic carbocycles. The maximum absolute atomic E-state index is 5.87. The van der Waals surface area contributed by atoms with Crippen molar-refractivity contribution in [1.82, 2.24) is 9.97 Å². The molecule has 118 valence electrons. The number of pyridine rings is 1. The maximum Gasteiger partial charge on any atom is 0.226 e. The summed E-state index contributed by atoms with van der Waals surface area (Å²) in [5.41, 5.74) is 2.67. The molecule has 0 bridgehead atoms. The normalized spacial score (nSPS) is 10.9. The van der Waals surface area contributed by atoms with Crippen molar-refractivity contribution in [3.8, 4) is 17.2 Å². The molecule has 0 atom stereocenters.